The third-order valence-electron chi connectivity index (χ3n) is 6.75. The van der Waals surface area contributed by atoms with E-state index in [-0.39, 0.29) is 19.1 Å². The number of benzene rings is 1. The Morgan fingerprint density at radius 3 is 2.52 bits per heavy atom. The van der Waals surface area contributed by atoms with E-state index in [1.54, 1.807) is 6.07 Å². The van der Waals surface area contributed by atoms with Crippen LogP contribution in [0.3, 0.4) is 0 Å². The van der Waals surface area contributed by atoms with E-state index < -0.39 is 21.8 Å². The lowest BCUT2D eigenvalue weighted by atomic mass is 10.2. The van der Waals surface area contributed by atoms with Crippen molar-refractivity contribution in [3.8, 4) is 0 Å². The van der Waals surface area contributed by atoms with E-state index in [1.807, 2.05) is 32.0 Å². The summed E-state index contributed by atoms with van der Waals surface area (Å²) in [6, 6.07) is 7.31. The van der Waals surface area contributed by atoms with Crippen molar-refractivity contribution in [1.82, 2.24) is 25.2 Å². The fraction of sp³-hybridized carbons (Fsp3) is 0.464. The lowest BCUT2D eigenvalue weighted by molar-refractivity contribution is -0.118. The number of nitrogens with one attached hydrogen (secondary N) is 3. The number of thiazole rings is 1. The zero-order valence-electron chi connectivity index (χ0n) is 25.5. The van der Waals surface area contributed by atoms with Gasteiger partial charge >= 0.3 is 0 Å². The Balaban J connectivity index is 1.15. The van der Waals surface area contributed by atoms with E-state index in [4.69, 9.17) is 25.6 Å². The maximum absolute atomic E-state index is 12.8. The fourth-order valence-corrected chi connectivity index (χ4v) is 5.91. The first-order chi connectivity index (χ1) is 22.0. The predicted octanol–water partition coefficient (Wildman–Crippen LogP) is 2.36. The minimum atomic E-state index is -4.34. The van der Waals surface area contributed by atoms with Gasteiger partial charge in [0.15, 0.2) is 10.9 Å². The average molecular weight is 697 g/mol. The number of amides is 2. The second kappa shape index (κ2) is 16.9. The first-order valence-electron chi connectivity index (χ1n) is 14.5. The van der Waals surface area contributed by atoms with Crippen molar-refractivity contribution < 1.29 is 32.0 Å². The van der Waals surface area contributed by atoms with Gasteiger partial charge in [0, 0.05) is 45.3 Å². The molecule has 3 aromatic rings. The van der Waals surface area contributed by atoms with E-state index in [2.05, 4.69) is 40.7 Å². The average Bonchev–Trinajstić information content (AvgIpc) is 3.46. The Hall–Kier alpha value is -3.45. The van der Waals surface area contributed by atoms with Gasteiger partial charge in [-0.1, -0.05) is 35.1 Å². The van der Waals surface area contributed by atoms with E-state index in [0.29, 0.717) is 52.2 Å². The van der Waals surface area contributed by atoms with Gasteiger partial charge in [-0.05, 0) is 25.5 Å². The lowest BCUT2D eigenvalue weighted by Gasteiger charge is -2.35. The summed E-state index contributed by atoms with van der Waals surface area (Å²) in [6.45, 7) is 9.33. The van der Waals surface area contributed by atoms with Crippen LogP contribution in [0.25, 0.3) is 0 Å². The molecule has 0 unspecified atom stereocenters. The third kappa shape index (κ3) is 11.4. The summed E-state index contributed by atoms with van der Waals surface area (Å²) < 4.78 is 40.9. The summed E-state index contributed by atoms with van der Waals surface area (Å²) in [4.78, 5) is 42.5. The Kier molecular flexibility index (Phi) is 13.0. The molecule has 15 nitrogen and oxygen atoms in total. The molecule has 1 aliphatic heterocycles. The number of carbonyl (C=O) groups excluding carboxylic acids is 2. The summed E-state index contributed by atoms with van der Waals surface area (Å²) in [5.74, 6) is -0.0391. The number of halogens is 1. The summed E-state index contributed by atoms with van der Waals surface area (Å²) in [5, 5.41) is 9.41. The number of anilines is 4. The molecule has 2 aromatic heterocycles. The molecule has 1 aromatic carbocycles. The van der Waals surface area contributed by atoms with Gasteiger partial charge in [0.1, 0.15) is 22.3 Å². The SMILES string of the molecule is Cc1nc(Nc2ncc(C(=O)Nc3c(C)cccc3Cl)s2)cc(N2CCN(CCOCCOCCNC(=O)CS(=O)(=O)O)CC2)n1. The van der Waals surface area contributed by atoms with Gasteiger partial charge < -0.3 is 30.3 Å². The molecule has 4 rings (SSSR count). The van der Waals surface area contributed by atoms with Crippen LogP contribution in [-0.4, -0.2) is 116 Å². The minimum Gasteiger partial charge on any atom is -0.378 e. The Morgan fingerprint density at radius 1 is 1.07 bits per heavy atom. The number of carbonyl (C=O) groups is 2. The number of nitrogens with zero attached hydrogens (tertiary/aromatic N) is 5. The molecular formula is C28H37ClN8O7S2. The molecule has 18 heteroatoms. The van der Waals surface area contributed by atoms with Crippen molar-refractivity contribution in [3.05, 3.63) is 51.7 Å². The summed E-state index contributed by atoms with van der Waals surface area (Å²) in [6.07, 6.45) is 1.51. The number of hydrogen-bond acceptors (Lipinski definition) is 13. The number of aromatic nitrogens is 3. The zero-order chi connectivity index (χ0) is 33.1. The Bertz CT molecular complexity index is 1580. The first kappa shape index (κ1) is 35.4. The number of hydrogen-bond donors (Lipinski definition) is 4. The van der Waals surface area contributed by atoms with Crippen molar-refractivity contribution in [3.63, 3.8) is 0 Å². The second-order valence-electron chi connectivity index (χ2n) is 10.3. The number of aryl methyl sites for hydroxylation is 2. The third-order valence-corrected chi connectivity index (χ3v) is 8.61. The molecule has 0 bridgehead atoms. The van der Waals surface area contributed by atoms with E-state index >= 15 is 0 Å². The standard InChI is InChI=1S/C28H37ClN8O7S2/c1-19-4-3-5-21(29)26(19)35-27(39)22-17-31-28(45-22)34-23-16-24(33-20(2)32-23)37-9-7-36(8-10-37)11-13-44-15-14-43-12-6-30-25(38)18-46(40,41)42/h3-5,16-17H,6-15,18H2,1-2H3,(H,30,38)(H,35,39)(H,40,41,42)(H,31,32,33,34). The maximum Gasteiger partial charge on any atom is 0.274 e. The van der Waals surface area contributed by atoms with Crippen molar-refractivity contribution in [1.29, 1.82) is 0 Å². The van der Waals surface area contributed by atoms with Crippen LogP contribution >= 0.6 is 22.9 Å². The Morgan fingerprint density at radius 2 is 1.80 bits per heavy atom. The molecule has 0 aliphatic carbocycles. The highest BCUT2D eigenvalue weighted by molar-refractivity contribution is 7.86. The van der Waals surface area contributed by atoms with Crippen molar-refractivity contribution in [2.24, 2.45) is 0 Å². The minimum absolute atomic E-state index is 0.137. The first-order valence-corrected chi connectivity index (χ1v) is 17.3. The van der Waals surface area contributed by atoms with E-state index in [9.17, 15) is 18.0 Å². The normalized spacial score (nSPS) is 13.9. The molecule has 0 radical (unpaired) electrons. The van der Waals surface area contributed by atoms with Crippen LogP contribution < -0.4 is 20.9 Å². The second-order valence-corrected chi connectivity index (χ2v) is 13.2. The molecule has 1 saturated heterocycles. The zero-order valence-corrected chi connectivity index (χ0v) is 27.9. The van der Waals surface area contributed by atoms with Crippen LogP contribution in [0.1, 0.15) is 21.1 Å². The molecule has 0 atom stereocenters. The summed E-state index contributed by atoms with van der Waals surface area (Å²) in [5.41, 5.74) is 1.44. The quantitative estimate of drug-likeness (QED) is 0.126. The number of ether oxygens (including phenoxy) is 2. The smallest absolute Gasteiger partial charge is 0.274 e. The molecular weight excluding hydrogens is 660 g/mol. The van der Waals surface area contributed by atoms with Crippen LogP contribution in [0.2, 0.25) is 5.02 Å². The van der Waals surface area contributed by atoms with Gasteiger partial charge in [0.2, 0.25) is 5.91 Å². The number of para-hydroxylation sites is 1. The topological polar surface area (TPSA) is 188 Å². The highest BCUT2D eigenvalue weighted by atomic mass is 35.5. The summed E-state index contributed by atoms with van der Waals surface area (Å²) >= 11 is 7.46. The Labute approximate surface area is 276 Å². The largest absolute Gasteiger partial charge is 0.378 e. The monoisotopic (exact) mass is 696 g/mol. The van der Waals surface area contributed by atoms with E-state index in [1.165, 1.54) is 17.5 Å². The molecule has 2 amide bonds. The maximum atomic E-state index is 12.8. The molecule has 46 heavy (non-hydrogen) atoms. The molecule has 1 aliphatic rings. The molecule has 0 spiro atoms. The highest BCUT2D eigenvalue weighted by Crippen LogP contribution is 2.28. The molecule has 0 saturated carbocycles. The van der Waals surface area contributed by atoms with Crippen LogP contribution in [0, 0.1) is 13.8 Å². The molecule has 1 fully saturated rings. The van der Waals surface area contributed by atoms with E-state index in [0.717, 1.165) is 44.1 Å². The van der Waals surface area contributed by atoms with Crippen LogP contribution in [-0.2, 0) is 24.4 Å². The van der Waals surface area contributed by atoms with Gasteiger partial charge in [0.05, 0.1) is 43.3 Å². The predicted molar refractivity (Wildman–Crippen MR) is 176 cm³/mol. The van der Waals surface area contributed by atoms with Crippen molar-refractivity contribution in [2.45, 2.75) is 13.8 Å². The van der Waals surface area contributed by atoms with Gasteiger partial charge in [-0.2, -0.15) is 8.42 Å². The van der Waals surface area contributed by atoms with Gasteiger partial charge in [-0.3, -0.25) is 19.0 Å². The lowest BCUT2D eigenvalue weighted by Crippen LogP contribution is -2.47. The van der Waals surface area contributed by atoms with Gasteiger partial charge in [-0.25, -0.2) is 15.0 Å². The van der Waals surface area contributed by atoms with Crippen LogP contribution in [0.4, 0.5) is 22.5 Å². The van der Waals surface area contributed by atoms with Crippen LogP contribution in [0.5, 0.6) is 0 Å². The number of rotatable bonds is 16. The van der Waals surface area contributed by atoms with Crippen molar-refractivity contribution in [2.75, 3.05) is 87.0 Å². The molecule has 3 heterocycles. The van der Waals surface area contributed by atoms with Gasteiger partial charge in [-0.15, -0.1) is 0 Å². The van der Waals surface area contributed by atoms with Crippen molar-refractivity contribution >= 4 is 67.3 Å². The highest BCUT2D eigenvalue weighted by Gasteiger charge is 2.20. The van der Waals surface area contributed by atoms with Crippen LogP contribution in [0.15, 0.2) is 30.5 Å². The van der Waals surface area contributed by atoms with Gasteiger partial charge in [0.25, 0.3) is 16.0 Å². The molecule has 250 valence electrons. The fourth-order valence-electron chi connectivity index (χ4n) is 4.49. The summed E-state index contributed by atoms with van der Waals surface area (Å²) in [7, 11) is -4.34. The number of piperazine rings is 1. The molecule has 4 N–H and O–H groups in total.